The number of amides is 1. The number of nitrogens with one attached hydrogen (secondary N) is 1. The summed E-state index contributed by atoms with van der Waals surface area (Å²) in [7, 11) is 0. The largest absolute Gasteiger partial charge is 0.489 e. The number of ketones is 1. The van der Waals surface area contributed by atoms with Crippen LogP contribution < -0.4 is 15.0 Å². The maximum atomic E-state index is 13.6. The molecular weight excluding hydrogens is 474 g/mol. The number of carbonyl (C=O) groups is 2. The first-order valence-electron chi connectivity index (χ1n) is 12.0. The normalized spacial score (nSPS) is 18.6. The summed E-state index contributed by atoms with van der Waals surface area (Å²) >= 11 is 6.85. The number of aromatic nitrogens is 1. The van der Waals surface area contributed by atoms with E-state index in [1.54, 1.807) is 29.4 Å². The lowest BCUT2D eigenvalue weighted by molar-refractivity contribution is -0.118. The fourth-order valence-electron chi connectivity index (χ4n) is 5.09. The number of rotatable bonds is 4. The van der Waals surface area contributed by atoms with Gasteiger partial charge >= 0.3 is 0 Å². The minimum absolute atomic E-state index is 0.00577. The number of pyridine rings is 1. The Morgan fingerprint density at radius 2 is 1.94 bits per heavy atom. The summed E-state index contributed by atoms with van der Waals surface area (Å²) in [4.78, 5) is 32.6. The van der Waals surface area contributed by atoms with Crippen molar-refractivity contribution in [1.29, 1.82) is 0 Å². The molecule has 0 radical (unpaired) electrons. The van der Waals surface area contributed by atoms with Gasteiger partial charge in [0.1, 0.15) is 12.4 Å². The van der Waals surface area contributed by atoms with Crippen LogP contribution in [-0.4, -0.2) is 16.7 Å². The van der Waals surface area contributed by atoms with Gasteiger partial charge in [0.05, 0.1) is 23.6 Å². The van der Waals surface area contributed by atoms with E-state index in [1.165, 1.54) is 6.92 Å². The Morgan fingerprint density at radius 1 is 1.17 bits per heavy atom. The summed E-state index contributed by atoms with van der Waals surface area (Å²) < 4.78 is 5.96. The van der Waals surface area contributed by atoms with Crippen LogP contribution in [0.3, 0.4) is 0 Å². The summed E-state index contributed by atoms with van der Waals surface area (Å²) in [6.45, 7) is 6.07. The van der Waals surface area contributed by atoms with Gasteiger partial charge in [0.2, 0.25) is 5.91 Å². The van der Waals surface area contributed by atoms with Crippen molar-refractivity contribution in [2.24, 2.45) is 5.41 Å². The maximum Gasteiger partial charge on any atom is 0.224 e. The molecule has 36 heavy (non-hydrogen) atoms. The van der Waals surface area contributed by atoms with E-state index in [4.69, 9.17) is 16.3 Å². The number of halogens is 1. The molecule has 1 aromatic heterocycles. The summed E-state index contributed by atoms with van der Waals surface area (Å²) in [5.74, 6) is 0.427. The van der Waals surface area contributed by atoms with Crippen molar-refractivity contribution in [3.63, 3.8) is 0 Å². The van der Waals surface area contributed by atoms with Crippen LogP contribution in [0.1, 0.15) is 50.8 Å². The molecule has 1 atom stereocenters. The molecule has 6 nitrogen and oxygen atoms in total. The quantitative estimate of drug-likeness (QED) is 0.443. The molecule has 3 aromatic rings. The third-order valence-electron chi connectivity index (χ3n) is 6.65. The fraction of sp³-hybridized carbons (Fsp3) is 0.276. The number of benzene rings is 2. The first-order chi connectivity index (χ1) is 17.2. The van der Waals surface area contributed by atoms with Crippen molar-refractivity contribution >= 4 is 34.7 Å². The van der Waals surface area contributed by atoms with Crippen LogP contribution in [0.2, 0.25) is 5.02 Å². The minimum atomic E-state index is -0.673. The zero-order chi connectivity index (χ0) is 25.4. The van der Waals surface area contributed by atoms with Crippen molar-refractivity contribution in [3.05, 3.63) is 94.4 Å². The number of Topliss-reactive ketones (excluding diaryl/α,β-unsaturated/α-hetero) is 1. The number of hydrogen-bond donors (Lipinski definition) is 1. The Labute approximate surface area is 215 Å². The Kier molecular flexibility index (Phi) is 6.31. The Hall–Kier alpha value is -3.64. The molecule has 1 aliphatic carbocycles. The van der Waals surface area contributed by atoms with Crippen LogP contribution in [-0.2, 0) is 16.2 Å². The zero-order valence-electron chi connectivity index (χ0n) is 20.5. The summed E-state index contributed by atoms with van der Waals surface area (Å²) in [6.07, 6.45) is 4.39. The number of nitrogens with zero attached hydrogens (tertiary/aromatic N) is 2. The van der Waals surface area contributed by atoms with Gasteiger partial charge in [-0.3, -0.25) is 19.5 Å². The number of carbonyl (C=O) groups excluding carboxylic acids is 2. The predicted octanol–water partition coefficient (Wildman–Crippen LogP) is 6.48. The Morgan fingerprint density at radius 3 is 2.67 bits per heavy atom. The average molecular weight is 502 g/mol. The van der Waals surface area contributed by atoms with Crippen LogP contribution in [0.15, 0.2) is 78.3 Å². The molecule has 2 aromatic carbocycles. The van der Waals surface area contributed by atoms with Gasteiger partial charge in [-0.05, 0) is 41.2 Å². The second-order valence-corrected chi connectivity index (χ2v) is 10.5. The lowest BCUT2D eigenvalue weighted by atomic mass is 9.73. The van der Waals surface area contributed by atoms with Gasteiger partial charge in [0.25, 0.3) is 0 Å². The molecular formula is C29H28ClN3O3. The lowest BCUT2D eigenvalue weighted by Gasteiger charge is -2.37. The number of fused-ring (bicyclic) bond motifs is 1. The smallest absolute Gasteiger partial charge is 0.224 e. The van der Waals surface area contributed by atoms with Crippen molar-refractivity contribution in [2.45, 2.75) is 46.3 Å². The summed E-state index contributed by atoms with van der Waals surface area (Å²) in [5, 5.41) is 3.87. The van der Waals surface area contributed by atoms with Gasteiger partial charge in [-0.25, -0.2) is 0 Å². The molecule has 5 rings (SSSR count). The molecule has 0 fully saturated rings. The van der Waals surface area contributed by atoms with E-state index in [-0.39, 0.29) is 17.1 Å². The van der Waals surface area contributed by atoms with E-state index < -0.39 is 6.04 Å². The molecule has 1 amide bonds. The highest BCUT2D eigenvalue weighted by atomic mass is 35.5. The molecule has 2 heterocycles. The molecule has 1 aliphatic heterocycles. The van der Waals surface area contributed by atoms with Crippen LogP contribution in [0.5, 0.6) is 5.75 Å². The van der Waals surface area contributed by atoms with E-state index in [2.05, 4.69) is 24.1 Å². The van der Waals surface area contributed by atoms with Gasteiger partial charge in [0, 0.05) is 35.8 Å². The molecule has 184 valence electrons. The molecule has 0 bridgehead atoms. The standard InChI is InChI=1S/C29H28ClN3O3/c1-18(34)33-25-11-12-31-16-24(25)32-23-14-29(2,3)15-26(35)27(23)28(33)21-10-9-20(13-22(21)30)36-17-19-7-5-4-6-8-19/h4-13,16,28,32H,14-15,17H2,1-3H3. The Balaban J connectivity index is 1.60. The molecule has 0 saturated heterocycles. The van der Waals surface area contributed by atoms with Gasteiger partial charge in [-0.2, -0.15) is 0 Å². The topological polar surface area (TPSA) is 71.5 Å². The first-order valence-corrected chi connectivity index (χ1v) is 12.3. The highest BCUT2D eigenvalue weighted by molar-refractivity contribution is 6.31. The van der Waals surface area contributed by atoms with E-state index in [0.717, 1.165) is 11.3 Å². The van der Waals surface area contributed by atoms with E-state index in [0.29, 0.717) is 52.7 Å². The fourth-order valence-corrected chi connectivity index (χ4v) is 5.37. The predicted molar refractivity (Wildman–Crippen MR) is 141 cm³/mol. The van der Waals surface area contributed by atoms with Crippen LogP contribution in [0, 0.1) is 5.41 Å². The summed E-state index contributed by atoms with van der Waals surface area (Å²) in [5.41, 5.74) is 4.23. The number of ether oxygens (including phenoxy) is 1. The maximum absolute atomic E-state index is 13.6. The highest BCUT2D eigenvalue weighted by Crippen LogP contribution is 2.49. The highest BCUT2D eigenvalue weighted by Gasteiger charge is 2.43. The van der Waals surface area contributed by atoms with E-state index in [9.17, 15) is 9.59 Å². The van der Waals surface area contributed by atoms with E-state index in [1.807, 2.05) is 42.5 Å². The third-order valence-corrected chi connectivity index (χ3v) is 6.98. The minimum Gasteiger partial charge on any atom is -0.489 e. The zero-order valence-corrected chi connectivity index (χ0v) is 21.3. The van der Waals surface area contributed by atoms with Gasteiger partial charge < -0.3 is 10.1 Å². The SMILES string of the molecule is CC(=O)N1c2ccncc2NC2=C(C(=O)CC(C)(C)C2)C1c1ccc(OCc2ccccc2)cc1Cl. The molecule has 2 aliphatic rings. The number of allylic oxidation sites excluding steroid dienone is 1. The van der Waals surface area contributed by atoms with Crippen molar-refractivity contribution in [3.8, 4) is 5.75 Å². The molecule has 1 unspecified atom stereocenters. The van der Waals surface area contributed by atoms with E-state index >= 15 is 0 Å². The van der Waals surface area contributed by atoms with Crippen molar-refractivity contribution in [1.82, 2.24) is 4.98 Å². The van der Waals surface area contributed by atoms with Crippen molar-refractivity contribution in [2.75, 3.05) is 10.2 Å². The van der Waals surface area contributed by atoms with Gasteiger partial charge in [-0.15, -0.1) is 0 Å². The first kappa shape index (κ1) is 24.1. The number of hydrogen-bond acceptors (Lipinski definition) is 5. The van der Waals surface area contributed by atoms with Crippen LogP contribution >= 0.6 is 11.6 Å². The third kappa shape index (κ3) is 4.61. The molecule has 7 heteroatoms. The monoisotopic (exact) mass is 501 g/mol. The summed E-state index contributed by atoms with van der Waals surface area (Å²) in [6, 6.07) is 16.4. The van der Waals surface area contributed by atoms with Crippen molar-refractivity contribution < 1.29 is 14.3 Å². The average Bonchev–Trinajstić information content (AvgIpc) is 2.97. The molecule has 0 spiro atoms. The van der Waals surface area contributed by atoms with Crippen LogP contribution in [0.25, 0.3) is 0 Å². The second-order valence-electron chi connectivity index (χ2n) is 10.1. The lowest BCUT2D eigenvalue weighted by Crippen LogP contribution is -2.38. The molecule has 0 saturated carbocycles. The second kappa shape index (κ2) is 9.43. The molecule has 1 N–H and O–H groups in total. The number of anilines is 2. The Bertz CT molecular complexity index is 1370. The van der Waals surface area contributed by atoms with Crippen LogP contribution in [0.4, 0.5) is 11.4 Å². The van der Waals surface area contributed by atoms with Gasteiger partial charge in [-0.1, -0.05) is 61.8 Å². The van der Waals surface area contributed by atoms with Gasteiger partial charge in [0.15, 0.2) is 5.78 Å².